The van der Waals surface area contributed by atoms with E-state index in [-0.39, 0.29) is 17.2 Å². The number of piperidine rings is 1. The minimum Gasteiger partial charge on any atom is -0.347 e. The van der Waals surface area contributed by atoms with Gasteiger partial charge in [-0.2, -0.15) is 0 Å². The van der Waals surface area contributed by atoms with Gasteiger partial charge < -0.3 is 14.4 Å². The van der Waals surface area contributed by atoms with Crippen molar-refractivity contribution in [1.29, 1.82) is 0 Å². The Hall–Kier alpha value is -2.63. The molecule has 0 aromatic carbocycles. The second kappa shape index (κ2) is 6.59. The van der Waals surface area contributed by atoms with Crippen molar-refractivity contribution >= 4 is 11.8 Å². The maximum absolute atomic E-state index is 13.0. The van der Waals surface area contributed by atoms with Crippen molar-refractivity contribution in [2.75, 3.05) is 19.6 Å². The fourth-order valence-electron chi connectivity index (χ4n) is 4.18. The van der Waals surface area contributed by atoms with E-state index in [1.165, 1.54) is 0 Å². The first-order valence-electron chi connectivity index (χ1n) is 9.19. The summed E-state index contributed by atoms with van der Waals surface area (Å²) in [7, 11) is 1.88. The van der Waals surface area contributed by atoms with E-state index < -0.39 is 0 Å². The average Bonchev–Trinajstić information content (AvgIpc) is 3.22. The first kappa shape index (κ1) is 16.8. The number of aromatic nitrogens is 2. The normalized spacial score (nSPS) is 19.3. The lowest BCUT2D eigenvalue weighted by molar-refractivity contribution is -0.138. The topological polar surface area (TPSA) is 58.4 Å². The van der Waals surface area contributed by atoms with Crippen molar-refractivity contribution in [3.63, 3.8) is 0 Å². The molecule has 6 nitrogen and oxygen atoms in total. The molecule has 0 bridgehead atoms. The van der Waals surface area contributed by atoms with Gasteiger partial charge in [0.05, 0.1) is 17.7 Å². The SMILES string of the molecule is Cn1cccc1C(=O)N1CCC2(CC1)CCN(Cc1ccccn1)C2=O. The number of carbonyl (C=O) groups is 2. The predicted molar refractivity (Wildman–Crippen MR) is 97.3 cm³/mol. The number of rotatable bonds is 3. The lowest BCUT2D eigenvalue weighted by Gasteiger charge is -2.38. The zero-order chi connectivity index (χ0) is 18.1. The third-order valence-corrected chi connectivity index (χ3v) is 5.85. The number of amides is 2. The van der Waals surface area contributed by atoms with Gasteiger partial charge in [-0.1, -0.05) is 6.07 Å². The van der Waals surface area contributed by atoms with Gasteiger partial charge in [0.25, 0.3) is 5.91 Å². The lowest BCUT2D eigenvalue weighted by Crippen LogP contribution is -2.46. The molecule has 2 aliphatic rings. The van der Waals surface area contributed by atoms with Crippen LogP contribution in [0.5, 0.6) is 0 Å². The Kier molecular flexibility index (Phi) is 4.26. The van der Waals surface area contributed by atoms with Crippen LogP contribution in [-0.4, -0.2) is 50.8 Å². The number of carbonyl (C=O) groups excluding carboxylic acids is 2. The van der Waals surface area contributed by atoms with Crippen LogP contribution in [0.15, 0.2) is 42.7 Å². The van der Waals surface area contributed by atoms with E-state index in [1.807, 2.05) is 57.9 Å². The number of aryl methyl sites for hydroxylation is 1. The molecule has 2 aromatic heterocycles. The molecular formula is C20H24N4O2. The number of likely N-dealkylation sites (tertiary alicyclic amines) is 2. The van der Waals surface area contributed by atoms with Crippen LogP contribution in [0.4, 0.5) is 0 Å². The molecule has 0 saturated carbocycles. The molecule has 4 heterocycles. The molecule has 26 heavy (non-hydrogen) atoms. The molecule has 0 radical (unpaired) electrons. The molecule has 4 rings (SSSR count). The van der Waals surface area contributed by atoms with E-state index in [1.54, 1.807) is 6.20 Å². The highest BCUT2D eigenvalue weighted by Gasteiger charge is 2.48. The molecule has 0 atom stereocenters. The summed E-state index contributed by atoms with van der Waals surface area (Å²) in [4.78, 5) is 33.9. The Bertz CT molecular complexity index is 806. The van der Waals surface area contributed by atoms with E-state index in [4.69, 9.17) is 0 Å². The van der Waals surface area contributed by atoms with Gasteiger partial charge in [0.15, 0.2) is 0 Å². The summed E-state index contributed by atoms with van der Waals surface area (Å²) in [6.45, 7) is 2.65. The van der Waals surface area contributed by atoms with Crippen molar-refractivity contribution < 1.29 is 9.59 Å². The minimum atomic E-state index is -0.292. The predicted octanol–water partition coefficient (Wildman–Crippen LogP) is 2.08. The summed E-state index contributed by atoms with van der Waals surface area (Å²) in [5.41, 5.74) is 1.34. The summed E-state index contributed by atoms with van der Waals surface area (Å²) in [5, 5.41) is 0. The second-order valence-electron chi connectivity index (χ2n) is 7.37. The summed E-state index contributed by atoms with van der Waals surface area (Å²) >= 11 is 0. The van der Waals surface area contributed by atoms with Gasteiger partial charge in [0, 0.05) is 39.1 Å². The Morgan fingerprint density at radius 1 is 1.12 bits per heavy atom. The van der Waals surface area contributed by atoms with Crippen LogP contribution in [0.2, 0.25) is 0 Å². The zero-order valence-corrected chi connectivity index (χ0v) is 15.1. The molecule has 0 aliphatic carbocycles. The smallest absolute Gasteiger partial charge is 0.270 e. The molecule has 2 aliphatic heterocycles. The molecule has 2 amide bonds. The van der Waals surface area contributed by atoms with Crippen LogP contribution in [0.1, 0.15) is 35.4 Å². The third kappa shape index (κ3) is 2.89. The van der Waals surface area contributed by atoms with Gasteiger partial charge >= 0.3 is 0 Å². The molecule has 2 saturated heterocycles. The van der Waals surface area contributed by atoms with Gasteiger partial charge in [0.2, 0.25) is 5.91 Å². The monoisotopic (exact) mass is 352 g/mol. The Balaban J connectivity index is 1.40. The van der Waals surface area contributed by atoms with E-state index in [0.717, 1.165) is 31.5 Å². The van der Waals surface area contributed by atoms with E-state index in [0.29, 0.717) is 25.3 Å². The maximum Gasteiger partial charge on any atom is 0.270 e. The molecule has 0 N–H and O–H groups in total. The standard InChI is InChI=1S/C20H24N4O2/c1-22-11-4-6-17(22)18(25)23-12-7-20(8-13-23)9-14-24(19(20)26)15-16-5-2-3-10-21-16/h2-6,10-11H,7-9,12-15H2,1H3. The Morgan fingerprint density at radius 2 is 1.88 bits per heavy atom. The van der Waals surface area contributed by atoms with Crippen molar-refractivity contribution in [3.8, 4) is 0 Å². The van der Waals surface area contributed by atoms with E-state index in [9.17, 15) is 9.59 Å². The number of nitrogens with zero attached hydrogens (tertiary/aromatic N) is 4. The summed E-state index contributed by atoms with van der Waals surface area (Å²) in [5.74, 6) is 0.289. The van der Waals surface area contributed by atoms with Gasteiger partial charge in [-0.15, -0.1) is 0 Å². The first-order valence-corrected chi connectivity index (χ1v) is 9.19. The fourth-order valence-corrected chi connectivity index (χ4v) is 4.18. The van der Waals surface area contributed by atoms with Gasteiger partial charge in [-0.25, -0.2) is 0 Å². The van der Waals surface area contributed by atoms with E-state index in [2.05, 4.69) is 4.98 Å². The van der Waals surface area contributed by atoms with Crippen molar-refractivity contribution in [3.05, 3.63) is 54.1 Å². The molecule has 2 fully saturated rings. The first-order chi connectivity index (χ1) is 12.6. The number of pyridine rings is 1. The highest BCUT2D eigenvalue weighted by molar-refractivity contribution is 5.93. The van der Waals surface area contributed by atoms with E-state index >= 15 is 0 Å². The quantitative estimate of drug-likeness (QED) is 0.850. The van der Waals surface area contributed by atoms with Gasteiger partial charge in [-0.05, 0) is 43.5 Å². The summed E-state index contributed by atoms with van der Waals surface area (Å²) in [6.07, 6.45) is 6.03. The Labute approximate surface area is 153 Å². The summed E-state index contributed by atoms with van der Waals surface area (Å²) in [6, 6.07) is 9.53. The third-order valence-electron chi connectivity index (χ3n) is 5.85. The number of hydrogen-bond acceptors (Lipinski definition) is 3. The van der Waals surface area contributed by atoms with Crippen LogP contribution >= 0.6 is 0 Å². The average molecular weight is 352 g/mol. The second-order valence-corrected chi connectivity index (χ2v) is 7.37. The largest absolute Gasteiger partial charge is 0.347 e. The lowest BCUT2D eigenvalue weighted by atomic mass is 9.77. The van der Waals surface area contributed by atoms with Gasteiger partial charge in [0.1, 0.15) is 5.69 Å². The van der Waals surface area contributed by atoms with Crippen molar-refractivity contribution in [2.45, 2.75) is 25.8 Å². The highest BCUT2D eigenvalue weighted by Crippen LogP contribution is 2.42. The maximum atomic E-state index is 13.0. The molecule has 6 heteroatoms. The van der Waals surface area contributed by atoms with Crippen molar-refractivity contribution in [1.82, 2.24) is 19.4 Å². The van der Waals surface area contributed by atoms with Crippen LogP contribution in [0.3, 0.4) is 0 Å². The molecule has 136 valence electrons. The number of hydrogen-bond donors (Lipinski definition) is 0. The Morgan fingerprint density at radius 3 is 2.54 bits per heavy atom. The van der Waals surface area contributed by atoms with Crippen molar-refractivity contribution in [2.24, 2.45) is 12.5 Å². The van der Waals surface area contributed by atoms with Crippen LogP contribution in [-0.2, 0) is 18.4 Å². The fraction of sp³-hybridized carbons (Fsp3) is 0.450. The summed E-state index contributed by atoms with van der Waals surface area (Å²) < 4.78 is 1.85. The molecular weight excluding hydrogens is 328 g/mol. The zero-order valence-electron chi connectivity index (χ0n) is 15.1. The minimum absolute atomic E-state index is 0.0585. The van der Waals surface area contributed by atoms with Gasteiger partial charge in [-0.3, -0.25) is 14.6 Å². The molecule has 2 aromatic rings. The van der Waals surface area contributed by atoms with Crippen LogP contribution < -0.4 is 0 Å². The molecule has 0 unspecified atom stereocenters. The van der Waals surface area contributed by atoms with Crippen LogP contribution in [0.25, 0.3) is 0 Å². The highest BCUT2D eigenvalue weighted by atomic mass is 16.2. The van der Waals surface area contributed by atoms with Crippen LogP contribution in [0, 0.1) is 5.41 Å². The molecule has 1 spiro atoms.